The molecule has 0 atom stereocenters. The zero-order valence-electron chi connectivity index (χ0n) is 11.1. The summed E-state index contributed by atoms with van der Waals surface area (Å²) in [6.07, 6.45) is -4.54. The van der Waals surface area contributed by atoms with Gasteiger partial charge >= 0.3 is 12.2 Å². The SMILES string of the molecule is Cc1cccc(C(F)(F)F)c1NC(=O)N1CCN=C1N.Cl. The van der Waals surface area contributed by atoms with Crippen LogP contribution in [-0.2, 0) is 6.18 Å². The number of alkyl halides is 3. The Bertz CT molecular complexity index is 574. The number of hydrogen-bond donors (Lipinski definition) is 2. The summed E-state index contributed by atoms with van der Waals surface area (Å²) in [6, 6.07) is 2.99. The molecule has 0 spiro atoms. The lowest BCUT2D eigenvalue weighted by Crippen LogP contribution is -2.42. The molecule has 0 fully saturated rings. The summed E-state index contributed by atoms with van der Waals surface area (Å²) < 4.78 is 38.8. The fraction of sp³-hybridized carbons (Fsp3) is 0.333. The topological polar surface area (TPSA) is 70.7 Å². The van der Waals surface area contributed by atoms with Gasteiger partial charge in [0.05, 0.1) is 24.3 Å². The molecule has 1 heterocycles. The van der Waals surface area contributed by atoms with Crippen LogP contribution >= 0.6 is 12.4 Å². The van der Waals surface area contributed by atoms with Gasteiger partial charge in [-0.25, -0.2) is 4.79 Å². The van der Waals surface area contributed by atoms with E-state index in [1.165, 1.54) is 19.1 Å². The quantitative estimate of drug-likeness (QED) is 0.834. The number of nitrogens with one attached hydrogen (secondary N) is 1. The number of anilines is 1. The van der Waals surface area contributed by atoms with Gasteiger partial charge in [0.1, 0.15) is 0 Å². The van der Waals surface area contributed by atoms with Crippen LogP contribution in [0, 0.1) is 6.92 Å². The molecule has 0 unspecified atom stereocenters. The first kappa shape index (κ1) is 17.1. The number of carbonyl (C=O) groups excluding carboxylic acids is 1. The number of carbonyl (C=O) groups is 1. The molecule has 1 aromatic carbocycles. The first-order valence-electron chi connectivity index (χ1n) is 5.86. The number of aryl methyl sites for hydroxylation is 1. The maximum Gasteiger partial charge on any atom is 0.418 e. The van der Waals surface area contributed by atoms with Gasteiger partial charge in [-0.1, -0.05) is 12.1 Å². The monoisotopic (exact) mass is 322 g/mol. The molecule has 2 amide bonds. The highest BCUT2D eigenvalue weighted by Gasteiger charge is 2.35. The zero-order valence-corrected chi connectivity index (χ0v) is 11.9. The number of aliphatic imine (C=N–C) groups is 1. The van der Waals surface area contributed by atoms with Crippen LogP contribution < -0.4 is 11.1 Å². The molecule has 21 heavy (non-hydrogen) atoms. The summed E-state index contributed by atoms with van der Waals surface area (Å²) in [6.45, 7) is 2.09. The molecule has 0 saturated carbocycles. The van der Waals surface area contributed by atoms with Crippen molar-refractivity contribution < 1.29 is 18.0 Å². The van der Waals surface area contributed by atoms with Gasteiger partial charge in [0.2, 0.25) is 0 Å². The van der Waals surface area contributed by atoms with E-state index in [1.807, 2.05) is 0 Å². The summed E-state index contributed by atoms with van der Waals surface area (Å²) in [5, 5.41) is 2.26. The van der Waals surface area contributed by atoms with Gasteiger partial charge in [0, 0.05) is 0 Å². The van der Waals surface area contributed by atoms with E-state index in [0.29, 0.717) is 12.1 Å². The fourth-order valence-electron chi connectivity index (χ4n) is 1.91. The van der Waals surface area contributed by atoms with Gasteiger partial charge in [-0.2, -0.15) is 13.2 Å². The van der Waals surface area contributed by atoms with Crippen molar-refractivity contribution in [3.8, 4) is 0 Å². The van der Waals surface area contributed by atoms with E-state index in [-0.39, 0.29) is 30.6 Å². The van der Waals surface area contributed by atoms with E-state index in [9.17, 15) is 18.0 Å². The van der Waals surface area contributed by atoms with Crippen LogP contribution in [0.5, 0.6) is 0 Å². The molecule has 0 bridgehead atoms. The van der Waals surface area contributed by atoms with Gasteiger partial charge in [-0.3, -0.25) is 9.89 Å². The molecule has 1 aromatic rings. The third-order valence-corrected chi connectivity index (χ3v) is 2.93. The average molecular weight is 323 g/mol. The molecule has 9 heteroatoms. The molecule has 1 aliphatic rings. The first-order valence-corrected chi connectivity index (χ1v) is 5.86. The molecule has 0 saturated heterocycles. The number of nitrogens with two attached hydrogens (primary N) is 1. The Labute approximate surface area is 125 Å². The van der Waals surface area contributed by atoms with E-state index in [1.54, 1.807) is 0 Å². The standard InChI is InChI=1S/C12H13F3N4O.ClH/c1-7-3-2-4-8(12(13,14)15)9(7)18-11(20)19-6-5-17-10(19)16;/h2-4H,5-6H2,1H3,(H2,16,17)(H,18,20);1H. The molecule has 116 valence electrons. The number of halogens is 4. The van der Waals surface area contributed by atoms with Crippen LogP contribution in [0.15, 0.2) is 23.2 Å². The van der Waals surface area contributed by atoms with Crippen molar-refractivity contribution in [1.29, 1.82) is 0 Å². The summed E-state index contributed by atoms with van der Waals surface area (Å²) in [7, 11) is 0. The Hall–Kier alpha value is -1.96. The lowest BCUT2D eigenvalue weighted by atomic mass is 10.1. The molecule has 1 aliphatic heterocycles. The second-order valence-electron chi connectivity index (χ2n) is 4.32. The van der Waals surface area contributed by atoms with Gasteiger partial charge in [-0.15, -0.1) is 12.4 Å². The van der Waals surface area contributed by atoms with Gasteiger partial charge in [0.15, 0.2) is 5.96 Å². The normalized spacial score (nSPS) is 14.5. The molecule has 0 radical (unpaired) electrons. The molecule has 0 aliphatic carbocycles. The Balaban J connectivity index is 0.00000220. The van der Waals surface area contributed by atoms with Crippen molar-refractivity contribution in [2.45, 2.75) is 13.1 Å². The van der Waals surface area contributed by atoms with Crippen molar-refractivity contribution in [2.24, 2.45) is 10.7 Å². The van der Waals surface area contributed by atoms with Crippen molar-refractivity contribution in [2.75, 3.05) is 18.4 Å². The molecule has 3 N–H and O–H groups in total. The Morgan fingerprint density at radius 2 is 2.10 bits per heavy atom. The van der Waals surface area contributed by atoms with E-state index in [2.05, 4.69) is 10.3 Å². The number of benzene rings is 1. The molecular formula is C12H14ClF3N4O. The first-order chi connectivity index (χ1) is 9.30. The Kier molecular flexibility index (Phi) is 5.06. The molecule has 0 aromatic heterocycles. The molecule has 2 rings (SSSR count). The largest absolute Gasteiger partial charge is 0.418 e. The predicted molar refractivity (Wildman–Crippen MR) is 75.6 cm³/mol. The van der Waals surface area contributed by atoms with Gasteiger partial charge < -0.3 is 11.1 Å². The van der Waals surface area contributed by atoms with Crippen molar-refractivity contribution in [3.05, 3.63) is 29.3 Å². The lowest BCUT2D eigenvalue weighted by Gasteiger charge is -2.20. The van der Waals surface area contributed by atoms with Crippen molar-refractivity contribution in [3.63, 3.8) is 0 Å². The van der Waals surface area contributed by atoms with Crippen molar-refractivity contribution >= 4 is 30.1 Å². The summed E-state index contributed by atoms with van der Waals surface area (Å²) in [4.78, 5) is 16.9. The van der Waals surface area contributed by atoms with E-state index >= 15 is 0 Å². The fourth-order valence-corrected chi connectivity index (χ4v) is 1.91. The maximum absolute atomic E-state index is 12.9. The Morgan fingerprint density at radius 1 is 1.43 bits per heavy atom. The van der Waals surface area contributed by atoms with Crippen LogP contribution in [0.3, 0.4) is 0 Å². The number of amides is 2. The minimum absolute atomic E-state index is 0. The highest BCUT2D eigenvalue weighted by atomic mass is 35.5. The number of guanidine groups is 1. The Morgan fingerprint density at radius 3 is 2.62 bits per heavy atom. The number of hydrogen-bond acceptors (Lipinski definition) is 3. The maximum atomic E-state index is 12.9. The average Bonchev–Trinajstić information content (AvgIpc) is 2.76. The molecular weight excluding hydrogens is 309 g/mol. The van der Waals surface area contributed by atoms with Crippen LogP contribution in [0.1, 0.15) is 11.1 Å². The number of rotatable bonds is 1. The molecule has 5 nitrogen and oxygen atoms in total. The summed E-state index contributed by atoms with van der Waals surface area (Å²) in [5.74, 6) is 0.00430. The second-order valence-corrected chi connectivity index (χ2v) is 4.32. The van der Waals surface area contributed by atoms with E-state index < -0.39 is 17.8 Å². The third-order valence-electron chi connectivity index (χ3n) is 2.93. The van der Waals surface area contributed by atoms with Crippen LogP contribution in [-0.4, -0.2) is 30.0 Å². The highest BCUT2D eigenvalue weighted by molar-refractivity contribution is 6.03. The third kappa shape index (κ3) is 3.57. The number of urea groups is 1. The van der Waals surface area contributed by atoms with Crippen molar-refractivity contribution in [1.82, 2.24) is 4.90 Å². The second kappa shape index (κ2) is 6.21. The lowest BCUT2D eigenvalue weighted by molar-refractivity contribution is -0.136. The van der Waals surface area contributed by atoms with E-state index in [4.69, 9.17) is 5.73 Å². The minimum atomic E-state index is -4.54. The van der Waals surface area contributed by atoms with Gasteiger partial charge in [-0.05, 0) is 18.6 Å². The van der Waals surface area contributed by atoms with E-state index in [0.717, 1.165) is 11.0 Å². The van der Waals surface area contributed by atoms with Gasteiger partial charge in [0.25, 0.3) is 0 Å². The van der Waals surface area contributed by atoms with Crippen LogP contribution in [0.25, 0.3) is 0 Å². The zero-order chi connectivity index (χ0) is 14.9. The highest BCUT2D eigenvalue weighted by Crippen LogP contribution is 2.36. The number of nitrogens with zero attached hydrogens (tertiary/aromatic N) is 2. The minimum Gasteiger partial charge on any atom is -0.369 e. The van der Waals surface area contributed by atoms with Crippen LogP contribution in [0.4, 0.5) is 23.7 Å². The summed E-state index contributed by atoms with van der Waals surface area (Å²) in [5.41, 5.74) is 4.66. The summed E-state index contributed by atoms with van der Waals surface area (Å²) >= 11 is 0. The van der Waals surface area contributed by atoms with Crippen LogP contribution in [0.2, 0.25) is 0 Å². The predicted octanol–water partition coefficient (Wildman–Crippen LogP) is 2.60. The number of para-hydroxylation sites is 1. The smallest absolute Gasteiger partial charge is 0.369 e.